The Morgan fingerprint density at radius 3 is 2.44 bits per heavy atom. The number of nitrogens with zero attached hydrogens (tertiary/aromatic N) is 2. The summed E-state index contributed by atoms with van der Waals surface area (Å²) < 4.78 is 5.06. The maximum absolute atomic E-state index is 12.9. The Hall–Kier alpha value is -1.64. The van der Waals surface area contributed by atoms with E-state index in [1.165, 1.54) is 24.8 Å². The van der Waals surface area contributed by atoms with Crippen LogP contribution in [0.25, 0.3) is 0 Å². The van der Waals surface area contributed by atoms with Gasteiger partial charge in [-0.25, -0.2) is 4.79 Å². The van der Waals surface area contributed by atoms with Crippen LogP contribution >= 0.6 is 34.5 Å². The lowest BCUT2D eigenvalue weighted by molar-refractivity contribution is -0.117. The van der Waals surface area contributed by atoms with Crippen molar-refractivity contribution in [1.82, 2.24) is 9.80 Å². The third-order valence-electron chi connectivity index (χ3n) is 6.55. The maximum atomic E-state index is 12.9. The number of aryl methyl sites for hydroxylation is 1. The average Bonchev–Trinajstić information content (AvgIpc) is 3.12. The number of esters is 1. The minimum atomic E-state index is -0.358. The number of fused-ring (bicyclic) bond motifs is 1. The van der Waals surface area contributed by atoms with E-state index in [9.17, 15) is 9.59 Å². The molecule has 0 bridgehead atoms. The fourth-order valence-electron chi connectivity index (χ4n) is 4.69. The first-order valence-corrected chi connectivity index (χ1v) is 13.4. The number of piperazine rings is 1. The Morgan fingerprint density at radius 1 is 1.03 bits per heavy atom. The molecule has 1 amide bonds. The lowest BCUT2D eigenvalue weighted by Crippen LogP contribution is -2.48. The van der Waals surface area contributed by atoms with Crippen molar-refractivity contribution in [3.63, 3.8) is 0 Å². The summed E-state index contributed by atoms with van der Waals surface area (Å²) in [6, 6.07) is 5.60. The molecule has 1 aromatic heterocycles. The van der Waals surface area contributed by atoms with E-state index in [2.05, 4.69) is 15.1 Å². The number of hydrogen-bond donors (Lipinski definition) is 1. The SMILES string of the molecule is COC(=O)c1c(NC(=O)CN2CCN(Cc3ccc(Cl)cc3Cl)CC2)sc2c1CCCCCC2. The first-order valence-electron chi connectivity index (χ1n) is 11.9. The van der Waals surface area contributed by atoms with Crippen molar-refractivity contribution in [1.29, 1.82) is 0 Å². The van der Waals surface area contributed by atoms with Crippen molar-refractivity contribution in [2.75, 3.05) is 45.2 Å². The number of nitrogens with one attached hydrogen (secondary N) is 1. The standard InChI is InChI=1S/C25H31Cl2N3O3S/c1-33-25(32)23-19-6-4-2-3-5-7-21(19)34-24(23)28-22(31)16-30-12-10-29(11-13-30)15-17-8-9-18(26)14-20(17)27/h8-9,14H,2-7,10-13,15-16H2,1H3,(H,28,31). The van der Waals surface area contributed by atoms with Crippen LogP contribution in [0.15, 0.2) is 18.2 Å². The van der Waals surface area contributed by atoms with Gasteiger partial charge < -0.3 is 10.1 Å². The quantitative estimate of drug-likeness (QED) is 0.523. The highest BCUT2D eigenvalue weighted by molar-refractivity contribution is 7.17. The Bertz CT molecular complexity index is 1030. The Labute approximate surface area is 215 Å². The van der Waals surface area contributed by atoms with Gasteiger partial charge in [-0.2, -0.15) is 0 Å². The predicted molar refractivity (Wildman–Crippen MR) is 138 cm³/mol. The molecule has 1 saturated heterocycles. The second kappa shape index (κ2) is 11.9. The molecule has 34 heavy (non-hydrogen) atoms. The summed E-state index contributed by atoms with van der Waals surface area (Å²) in [6.45, 7) is 4.37. The molecule has 1 N–H and O–H groups in total. The molecule has 0 saturated carbocycles. The van der Waals surface area contributed by atoms with Gasteiger partial charge in [-0.1, -0.05) is 42.1 Å². The molecule has 0 spiro atoms. The van der Waals surface area contributed by atoms with Gasteiger partial charge in [-0.3, -0.25) is 14.6 Å². The van der Waals surface area contributed by atoms with E-state index < -0.39 is 0 Å². The predicted octanol–water partition coefficient (Wildman–Crippen LogP) is 5.26. The average molecular weight is 525 g/mol. The van der Waals surface area contributed by atoms with E-state index >= 15 is 0 Å². The molecular formula is C25H31Cl2N3O3S. The summed E-state index contributed by atoms with van der Waals surface area (Å²) in [4.78, 5) is 31.2. The third-order valence-corrected chi connectivity index (χ3v) is 8.35. The number of amides is 1. The van der Waals surface area contributed by atoms with Crippen LogP contribution in [-0.2, 0) is 28.9 Å². The molecule has 1 aromatic carbocycles. The van der Waals surface area contributed by atoms with Crippen molar-refractivity contribution in [2.45, 2.75) is 45.1 Å². The Morgan fingerprint density at radius 2 is 1.74 bits per heavy atom. The summed E-state index contributed by atoms with van der Waals surface area (Å²) >= 11 is 13.9. The number of anilines is 1. The van der Waals surface area contributed by atoms with E-state index in [0.717, 1.165) is 69.5 Å². The summed E-state index contributed by atoms with van der Waals surface area (Å²) in [5, 5.41) is 4.99. The van der Waals surface area contributed by atoms with Crippen LogP contribution in [0.2, 0.25) is 10.0 Å². The van der Waals surface area contributed by atoms with Gasteiger partial charge in [0.05, 0.1) is 19.2 Å². The van der Waals surface area contributed by atoms with Gasteiger partial charge in [0, 0.05) is 47.6 Å². The van der Waals surface area contributed by atoms with Crippen molar-refractivity contribution in [3.8, 4) is 0 Å². The molecule has 2 aromatic rings. The van der Waals surface area contributed by atoms with Gasteiger partial charge in [0.25, 0.3) is 0 Å². The van der Waals surface area contributed by atoms with E-state index in [4.69, 9.17) is 27.9 Å². The minimum Gasteiger partial charge on any atom is -0.465 e. The number of rotatable bonds is 6. The summed E-state index contributed by atoms with van der Waals surface area (Å²) in [6.07, 6.45) is 6.39. The molecule has 0 unspecified atom stereocenters. The highest BCUT2D eigenvalue weighted by atomic mass is 35.5. The fourth-order valence-corrected chi connectivity index (χ4v) is 6.45. The smallest absolute Gasteiger partial charge is 0.341 e. The van der Waals surface area contributed by atoms with E-state index in [0.29, 0.717) is 27.2 Å². The second-order valence-corrected chi connectivity index (χ2v) is 10.9. The van der Waals surface area contributed by atoms with E-state index in [1.54, 1.807) is 17.4 Å². The number of carbonyl (C=O) groups excluding carboxylic acids is 2. The lowest BCUT2D eigenvalue weighted by atomic mass is 9.96. The Kier molecular flexibility index (Phi) is 8.88. The van der Waals surface area contributed by atoms with Gasteiger partial charge in [0.15, 0.2) is 0 Å². The molecular weight excluding hydrogens is 493 g/mol. The van der Waals surface area contributed by atoms with Crippen LogP contribution in [0.4, 0.5) is 5.00 Å². The number of carbonyl (C=O) groups is 2. The molecule has 1 aliphatic carbocycles. The monoisotopic (exact) mass is 523 g/mol. The van der Waals surface area contributed by atoms with Gasteiger partial charge in [0.2, 0.25) is 5.91 Å². The zero-order valence-corrected chi connectivity index (χ0v) is 21.8. The largest absolute Gasteiger partial charge is 0.465 e. The van der Waals surface area contributed by atoms with Crippen molar-refractivity contribution in [3.05, 3.63) is 49.8 Å². The van der Waals surface area contributed by atoms with Crippen LogP contribution in [0.3, 0.4) is 0 Å². The van der Waals surface area contributed by atoms with E-state index in [-0.39, 0.29) is 11.9 Å². The molecule has 2 aliphatic rings. The number of benzene rings is 1. The maximum Gasteiger partial charge on any atom is 0.341 e. The van der Waals surface area contributed by atoms with Crippen LogP contribution in [0.1, 0.15) is 52.0 Å². The van der Waals surface area contributed by atoms with Gasteiger partial charge in [-0.15, -0.1) is 11.3 Å². The number of thiophene rings is 1. The Balaban J connectivity index is 1.34. The number of halogens is 2. The van der Waals surface area contributed by atoms with E-state index in [1.807, 2.05) is 12.1 Å². The fraction of sp³-hybridized carbons (Fsp3) is 0.520. The van der Waals surface area contributed by atoms with Crippen LogP contribution in [0, 0.1) is 0 Å². The minimum absolute atomic E-state index is 0.0893. The second-order valence-electron chi connectivity index (χ2n) is 8.95. The number of methoxy groups -OCH3 is 1. The van der Waals surface area contributed by atoms with Crippen LogP contribution in [0.5, 0.6) is 0 Å². The molecule has 0 atom stereocenters. The first kappa shape index (κ1) is 25.5. The van der Waals surface area contributed by atoms with Crippen LogP contribution < -0.4 is 5.32 Å². The van der Waals surface area contributed by atoms with Gasteiger partial charge >= 0.3 is 5.97 Å². The molecule has 1 fully saturated rings. The van der Waals surface area contributed by atoms with Crippen molar-refractivity contribution in [2.24, 2.45) is 0 Å². The summed E-state index contributed by atoms with van der Waals surface area (Å²) in [5.41, 5.74) is 2.68. The third kappa shape index (κ3) is 6.32. The highest BCUT2D eigenvalue weighted by Gasteiger charge is 2.27. The lowest BCUT2D eigenvalue weighted by Gasteiger charge is -2.34. The molecule has 1 aliphatic heterocycles. The highest BCUT2D eigenvalue weighted by Crippen LogP contribution is 2.37. The normalized spacial score (nSPS) is 17.5. The molecule has 6 nitrogen and oxygen atoms in total. The van der Waals surface area contributed by atoms with Crippen molar-refractivity contribution < 1.29 is 14.3 Å². The van der Waals surface area contributed by atoms with Crippen LogP contribution in [-0.4, -0.2) is 61.5 Å². The number of hydrogen-bond acceptors (Lipinski definition) is 6. The number of ether oxygens (including phenoxy) is 1. The zero-order valence-electron chi connectivity index (χ0n) is 19.5. The van der Waals surface area contributed by atoms with Gasteiger partial charge in [-0.05, 0) is 48.9 Å². The molecule has 9 heteroatoms. The molecule has 2 heterocycles. The summed E-state index contributed by atoms with van der Waals surface area (Å²) in [7, 11) is 1.40. The zero-order chi connectivity index (χ0) is 24.1. The molecule has 184 valence electrons. The molecule has 0 radical (unpaired) electrons. The van der Waals surface area contributed by atoms with Crippen molar-refractivity contribution >= 4 is 51.4 Å². The topological polar surface area (TPSA) is 61.9 Å². The first-order chi connectivity index (χ1) is 16.4. The molecule has 4 rings (SSSR count). The van der Waals surface area contributed by atoms with Gasteiger partial charge in [0.1, 0.15) is 5.00 Å². The summed E-state index contributed by atoms with van der Waals surface area (Å²) in [5.74, 6) is -0.448.